The second kappa shape index (κ2) is 5.19. The van der Waals surface area contributed by atoms with E-state index in [0.717, 1.165) is 5.56 Å². The van der Waals surface area contributed by atoms with E-state index in [0.29, 0.717) is 24.6 Å². The highest BCUT2D eigenvalue weighted by Crippen LogP contribution is 2.15. The SMILES string of the molecule is N#Cc1ccc(CNCc2ccccc2O)o1. The van der Waals surface area contributed by atoms with Crippen molar-refractivity contribution in [2.75, 3.05) is 0 Å². The number of nitrogens with zero attached hydrogens (tertiary/aromatic N) is 1. The predicted molar refractivity (Wildman–Crippen MR) is 62.1 cm³/mol. The molecule has 17 heavy (non-hydrogen) atoms. The molecule has 4 nitrogen and oxygen atoms in total. The number of aromatic hydroxyl groups is 1. The molecule has 0 radical (unpaired) electrons. The van der Waals surface area contributed by atoms with Crippen molar-refractivity contribution in [2.24, 2.45) is 0 Å². The Kier molecular flexibility index (Phi) is 3.43. The quantitative estimate of drug-likeness (QED) is 0.841. The molecule has 1 aromatic carbocycles. The summed E-state index contributed by atoms with van der Waals surface area (Å²) in [7, 11) is 0. The molecule has 1 aromatic heterocycles. The number of phenolic OH excluding ortho intramolecular Hbond substituents is 1. The Morgan fingerprint density at radius 2 is 2.00 bits per heavy atom. The van der Waals surface area contributed by atoms with Crippen molar-refractivity contribution < 1.29 is 9.52 Å². The molecule has 0 fully saturated rings. The van der Waals surface area contributed by atoms with Gasteiger partial charge in [-0.15, -0.1) is 0 Å². The Labute approximate surface area is 99.1 Å². The Morgan fingerprint density at radius 3 is 2.71 bits per heavy atom. The van der Waals surface area contributed by atoms with Crippen LogP contribution in [0, 0.1) is 11.3 Å². The first-order valence-electron chi connectivity index (χ1n) is 5.26. The van der Waals surface area contributed by atoms with Crippen molar-refractivity contribution in [3.05, 3.63) is 53.5 Å². The molecule has 1 heterocycles. The third-order valence-electron chi connectivity index (χ3n) is 2.38. The summed E-state index contributed by atoms with van der Waals surface area (Å²) in [6, 6.07) is 12.5. The van der Waals surface area contributed by atoms with Crippen molar-refractivity contribution in [1.29, 1.82) is 5.26 Å². The van der Waals surface area contributed by atoms with Crippen LogP contribution in [0.1, 0.15) is 17.1 Å². The number of hydrogen-bond donors (Lipinski definition) is 2. The van der Waals surface area contributed by atoms with Gasteiger partial charge in [0.1, 0.15) is 17.6 Å². The van der Waals surface area contributed by atoms with Crippen molar-refractivity contribution in [3.8, 4) is 11.8 Å². The molecule has 0 atom stereocenters. The molecule has 2 rings (SSSR count). The number of nitrogens with one attached hydrogen (secondary N) is 1. The summed E-state index contributed by atoms with van der Waals surface area (Å²) in [6.07, 6.45) is 0. The summed E-state index contributed by atoms with van der Waals surface area (Å²) in [5.41, 5.74) is 0.833. The van der Waals surface area contributed by atoms with E-state index in [1.165, 1.54) is 0 Å². The van der Waals surface area contributed by atoms with Gasteiger partial charge in [-0.3, -0.25) is 0 Å². The van der Waals surface area contributed by atoms with E-state index < -0.39 is 0 Å². The summed E-state index contributed by atoms with van der Waals surface area (Å²) in [6.45, 7) is 1.07. The molecule has 0 saturated carbocycles. The first-order valence-corrected chi connectivity index (χ1v) is 5.26. The molecule has 0 spiro atoms. The van der Waals surface area contributed by atoms with Crippen LogP contribution in [-0.2, 0) is 13.1 Å². The van der Waals surface area contributed by atoms with E-state index in [-0.39, 0.29) is 5.75 Å². The Morgan fingerprint density at radius 1 is 1.18 bits per heavy atom. The number of rotatable bonds is 4. The van der Waals surface area contributed by atoms with Crippen LogP contribution < -0.4 is 5.32 Å². The average molecular weight is 228 g/mol. The number of benzene rings is 1. The minimum absolute atomic E-state index is 0.275. The smallest absolute Gasteiger partial charge is 0.203 e. The third-order valence-corrected chi connectivity index (χ3v) is 2.38. The third kappa shape index (κ3) is 2.86. The second-order valence-corrected chi connectivity index (χ2v) is 3.61. The van der Waals surface area contributed by atoms with Gasteiger partial charge in [0.15, 0.2) is 0 Å². The number of hydrogen-bond acceptors (Lipinski definition) is 4. The number of furan rings is 1. The van der Waals surface area contributed by atoms with Crippen LogP contribution in [0.15, 0.2) is 40.8 Å². The van der Waals surface area contributed by atoms with Gasteiger partial charge >= 0.3 is 0 Å². The normalized spacial score (nSPS) is 10.1. The molecular weight excluding hydrogens is 216 g/mol. The fourth-order valence-corrected chi connectivity index (χ4v) is 1.51. The van der Waals surface area contributed by atoms with E-state index in [1.54, 1.807) is 24.3 Å². The maximum absolute atomic E-state index is 9.54. The van der Waals surface area contributed by atoms with Gasteiger partial charge in [0.2, 0.25) is 5.76 Å². The first kappa shape index (κ1) is 11.2. The van der Waals surface area contributed by atoms with Gasteiger partial charge in [0, 0.05) is 12.1 Å². The summed E-state index contributed by atoms with van der Waals surface area (Å²) in [4.78, 5) is 0. The van der Waals surface area contributed by atoms with E-state index >= 15 is 0 Å². The molecule has 2 N–H and O–H groups in total. The van der Waals surface area contributed by atoms with Gasteiger partial charge in [0.25, 0.3) is 0 Å². The lowest BCUT2D eigenvalue weighted by Crippen LogP contribution is -2.12. The van der Waals surface area contributed by atoms with E-state index in [2.05, 4.69) is 5.32 Å². The van der Waals surface area contributed by atoms with Gasteiger partial charge in [-0.1, -0.05) is 18.2 Å². The summed E-state index contributed by atoms with van der Waals surface area (Å²) in [5, 5.41) is 21.3. The maximum atomic E-state index is 9.54. The number of nitriles is 1. The Balaban J connectivity index is 1.88. The maximum Gasteiger partial charge on any atom is 0.203 e. The van der Waals surface area contributed by atoms with Gasteiger partial charge in [-0.05, 0) is 18.2 Å². The molecule has 4 heteroatoms. The molecule has 0 aliphatic rings. The van der Waals surface area contributed by atoms with Crippen LogP contribution in [0.3, 0.4) is 0 Å². The molecule has 0 aliphatic carbocycles. The predicted octanol–water partition coefficient (Wildman–Crippen LogP) is 2.15. The molecule has 0 unspecified atom stereocenters. The number of phenols is 1. The highest BCUT2D eigenvalue weighted by Gasteiger charge is 2.02. The van der Waals surface area contributed by atoms with Crippen molar-refractivity contribution >= 4 is 0 Å². The lowest BCUT2D eigenvalue weighted by Gasteiger charge is -2.04. The van der Waals surface area contributed by atoms with Crippen LogP contribution in [-0.4, -0.2) is 5.11 Å². The van der Waals surface area contributed by atoms with Crippen molar-refractivity contribution in [1.82, 2.24) is 5.32 Å². The number of para-hydroxylation sites is 1. The highest BCUT2D eigenvalue weighted by molar-refractivity contribution is 5.31. The molecule has 0 bridgehead atoms. The molecule has 0 aliphatic heterocycles. The zero-order valence-electron chi connectivity index (χ0n) is 9.18. The first-order chi connectivity index (χ1) is 8.29. The molecule has 0 saturated heterocycles. The van der Waals surface area contributed by atoms with Crippen LogP contribution in [0.5, 0.6) is 5.75 Å². The molecule has 0 amide bonds. The fourth-order valence-electron chi connectivity index (χ4n) is 1.51. The molecular formula is C13H12N2O2. The van der Waals surface area contributed by atoms with Crippen LogP contribution in [0.25, 0.3) is 0 Å². The second-order valence-electron chi connectivity index (χ2n) is 3.61. The zero-order valence-corrected chi connectivity index (χ0v) is 9.18. The topological polar surface area (TPSA) is 69.2 Å². The van der Waals surface area contributed by atoms with Gasteiger partial charge < -0.3 is 14.8 Å². The highest BCUT2D eigenvalue weighted by atomic mass is 16.3. The fraction of sp³-hybridized carbons (Fsp3) is 0.154. The van der Waals surface area contributed by atoms with Gasteiger partial charge in [-0.25, -0.2) is 0 Å². The van der Waals surface area contributed by atoms with Crippen LogP contribution in [0.2, 0.25) is 0 Å². The Bertz CT molecular complexity index is 540. The lowest BCUT2D eigenvalue weighted by molar-refractivity contribution is 0.454. The van der Waals surface area contributed by atoms with E-state index in [9.17, 15) is 5.11 Å². The summed E-state index contributed by atoms with van der Waals surface area (Å²) in [5.74, 6) is 1.29. The Hall–Kier alpha value is -2.25. The molecule has 86 valence electrons. The minimum atomic E-state index is 0.275. The summed E-state index contributed by atoms with van der Waals surface area (Å²) < 4.78 is 5.21. The van der Waals surface area contributed by atoms with Crippen LogP contribution >= 0.6 is 0 Å². The zero-order chi connectivity index (χ0) is 12.1. The average Bonchev–Trinajstić information content (AvgIpc) is 2.80. The molecule has 2 aromatic rings. The standard InChI is InChI=1S/C13H12N2O2/c14-7-11-5-6-12(17-11)9-15-8-10-3-1-2-4-13(10)16/h1-6,15-16H,8-9H2. The lowest BCUT2D eigenvalue weighted by atomic mass is 10.2. The van der Waals surface area contributed by atoms with E-state index in [1.807, 2.05) is 18.2 Å². The van der Waals surface area contributed by atoms with Gasteiger partial charge in [-0.2, -0.15) is 5.26 Å². The van der Waals surface area contributed by atoms with E-state index in [4.69, 9.17) is 9.68 Å². The largest absolute Gasteiger partial charge is 0.508 e. The van der Waals surface area contributed by atoms with Crippen molar-refractivity contribution in [3.63, 3.8) is 0 Å². The van der Waals surface area contributed by atoms with Crippen LogP contribution in [0.4, 0.5) is 0 Å². The monoisotopic (exact) mass is 228 g/mol. The van der Waals surface area contributed by atoms with Crippen molar-refractivity contribution in [2.45, 2.75) is 13.1 Å². The minimum Gasteiger partial charge on any atom is -0.508 e. The van der Waals surface area contributed by atoms with Gasteiger partial charge in [0.05, 0.1) is 6.54 Å². The summed E-state index contributed by atoms with van der Waals surface area (Å²) >= 11 is 0.